The normalized spacial score (nSPS) is 25.1. The predicted molar refractivity (Wildman–Crippen MR) is 72.5 cm³/mol. The first kappa shape index (κ1) is 12.1. The second kappa shape index (κ2) is 5.33. The van der Waals surface area contributed by atoms with Crippen LogP contribution in [-0.4, -0.2) is 42.0 Å². The molecule has 3 aliphatic rings. The number of urea groups is 1. The van der Waals surface area contributed by atoms with Gasteiger partial charge >= 0.3 is 6.03 Å². The molecule has 0 atom stereocenters. The number of hydrogen-bond donors (Lipinski definition) is 0. The van der Waals surface area contributed by atoms with Crippen molar-refractivity contribution in [2.75, 3.05) is 26.2 Å². The highest BCUT2D eigenvalue weighted by atomic mass is 16.2. The Morgan fingerprint density at radius 1 is 0.667 bits per heavy atom. The molecule has 100 valence electrons. The zero-order valence-electron chi connectivity index (χ0n) is 11.3. The summed E-state index contributed by atoms with van der Waals surface area (Å²) in [4.78, 5) is 16.6. The molecule has 0 spiro atoms. The SMILES string of the molecule is O=C(N1CCCCCC1)N1CCC(=C2CC2)CC1. The smallest absolute Gasteiger partial charge is 0.320 e. The van der Waals surface area contributed by atoms with E-state index in [1.54, 1.807) is 11.1 Å². The molecule has 0 unspecified atom stereocenters. The summed E-state index contributed by atoms with van der Waals surface area (Å²) in [5.41, 5.74) is 3.35. The minimum Gasteiger partial charge on any atom is -0.325 e. The molecule has 2 amide bonds. The van der Waals surface area contributed by atoms with Crippen LogP contribution in [0.15, 0.2) is 11.1 Å². The number of likely N-dealkylation sites (tertiary alicyclic amines) is 2. The molecule has 0 aromatic heterocycles. The van der Waals surface area contributed by atoms with Crippen LogP contribution in [0.2, 0.25) is 0 Å². The van der Waals surface area contributed by atoms with Crippen LogP contribution < -0.4 is 0 Å². The molecule has 18 heavy (non-hydrogen) atoms. The van der Waals surface area contributed by atoms with Crippen molar-refractivity contribution in [3.05, 3.63) is 11.1 Å². The second-order valence-electron chi connectivity index (χ2n) is 5.88. The van der Waals surface area contributed by atoms with Crippen LogP contribution in [0.5, 0.6) is 0 Å². The number of allylic oxidation sites excluding steroid dienone is 1. The highest BCUT2D eigenvalue weighted by molar-refractivity contribution is 5.74. The Kier molecular flexibility index (Phi) is 3.57. The van der Waals surface area contributed by atoms with Gasteiger partial charge in [0.1, 0.15) is 0 Å². The number of nitrogens with zero attached hydrogens (tertiary/aromatic N) is 2. The number of carbonyl (C=O) groups excluding carboxylic acids is 1. The molecular formula is C15H24N2O. The molecule has 0 aromatic rings. The van der Waals surface area contributed by atoms with Gasteiger partial charge in [-0.15, -0.1) is 0 Å². The average Bonchev–Trinajstić information content (AvgIpc) is 3.25. The van der Waals surface area contributed by atoms with Crippen LogP contribution in [0.4, 0.5) is 4.79 Å². The Morgan fingerprint density at radius 2 is 1.17 bits per heavy atom. The molecule has 2 heterocycles. The third-order valence-electron chi connectivity index (χ3n) is 4.51. The lowest BCUT2D eigenvalue weighted by atomic mass is 10.0. The van der Waals surface area contributed by atoms with Gasteiger partial charge in [-0.05, 0) is 38.5 Å². The summed E-state index contributed by atoms with van der Waals surface area (Å²) in [6.07, 6.45) is 9.89. The van der Waals surface area contributed by atoms with E-state index in [1.807, 2.05) is 0 Å². The monoisotopic (exact) mass is 248 g/mol. The Balaban J connectivity index is 1.54. The van der Waals surface area contributed by atoms with Crippen molar-refractivity contribution in [2.24, 2.45) is 0 Å². The molecule has 0 N–H and O–H groups in total. The van der Waals surface area contributed by atoms with E-state index in [0.29, 0.717) is 6.03 Å². The molecule has 3 fully saturated rings. The number of rotatable bonds is 0. The fourth-order valence-electron chi connectivity index (χ4n) is 3.20. The van der Waals surface area contributed by atoms with Crippen molar-refractivity contribution >= 4 is 6.03 Å². The number of carbonyl (C=O) groups is 1. The van der Waals surface area contributed by atoms with Crippen LogP contribution in [0.25, 0.3) is 0 Å². The van der Waals surface area contributed by atoms with Gasteiger partial charge < -0.3 is 9.80 Å². The summed E-state index contributed by atoms with van der Waals surface area (Å²) in [6, 6.07) is 0.303. The van der Waals surface area contributed by atoms with Crippen molar-refractivity contribution < 1.29 is 4.79 Å². The van der Waals surface area contributed by atoms with Crippen LogP contribution in [-0.2, 0) is 0 Å². The minimum absolute atomic E-state index is 0.303. The molecule has 2 saturated heterocycles. The highest BCUT2D eigenvalue weighted by Crippen LogP contribution is 2.36. The first-order chi connectivity index (χ1) is 8.84. The summed E-state index contributed by atoms with van der Waals surface area (Å²) in [7, 11) is 0. The lowest BCUT2D eigenvalue weighted by Gasteiger charge is -2.33. The molecule has 0 aromatic carbocycles. The average molecular weight is 248 g/mol. The first-order valence-electron chi connectivity index (χ1n) is 7.58. The molecular weight excluding hydrogens is 224 g/mol. The summed E-state index contributed by atoms with van der Waals surface area (Å²) in [6.45, 7) is 3.86. The van der Waals surface area contributed by atoms with Crippen LogP contribution in [0.3, 0.4) is 0 Å². The van der Waals surface area contributed by atoms with E-state index in [1.165, 1.54) is 38.5 Å². The molecule has 0 radical (unpaired) electrons. The maximum absolute atomic E-state index is 12.4. The van der Waals surface area contributed by atoms with Crippen molar-refractivity contribution in [3.8, 4) is 0 Å². The van der Waals surface area contributed by atoms with Crippen molar-refractivity contribution in [1.82, 2.24) is 9.80 Å². The number of hydrogen-bond acceptors (Lipinski definition) is 1. The van der Waals surface area contributed by atoms with E-state index in [2.05, 4.69) is 9.80 Å². The van der Waals surface area contributed by atoms with E-state index < -0.39 is 0 Å². The predicted octanol–water partition coefficient (Wildman–Crippen LogP) is 3.17. The van der Waals surface area contributed by atoms with E-state index in [9.17, 15) is 4.79 Å². The fraction of sp³-hybridized carbons (Fsp3) is 0.800. The van der Waals surface area contributed by atoms with Gasteiger partial charge in [-0.25, -0.2) is 4.79 Å². The van der Waals surface area contributed by atoms with Crippen LogP contribution in [0.1, 0.15) is 51.4 Å². The third-order valence-corrected chi connectivity index (χ3v) is 4.51. The van der Waals surface area contributed by atoms with Gasteiger partial charge in [0.25, 0.3) is 0 Å². The maximum atomic E-state index is 12.4. The topological polar surface area (TPSA) is 23.6 Å². The Hall–Kier alpha value is -0.990. The summed E-state index contributed by atoms with van der Waals surface area (Å²) < 4.78 is 0. The number of amides is 2. The third kappa shape index (κ3) is 2.70. The second-order valence-corrected chi connectivity index (χ2v) is 5.88. The van der Waals surface area contributed by atoms with Gasteiger partial charge in [-0.1, -0.05) is 24.0 Å². The highest BCUT2D eigenvalue weighted by Gasteiger charge is 2.27. The Morgan fingerprint density at radius 3 is 1.72 bits per heavy atom. The largest absolute Gasteiger partial charge is 0.325 e. The van der Waals surface area contributed by atoms with Crippen molar-refractivity contribution in [3.63, 3.8) is 0 Å². The molecule has 2 aliphatic heterocycles. The molecule has 3 heteroatoms. The minimum atomic E-state index is 0.303. The van der Waals surface area contributed by atoms with Crippen LogP contribution in [0, 0.1) is 0 Å². The molecule has 3 nitrogen and oxygen atoms in total. The molecule has 1 aliphatic carbocycles. The lowest BCUT2D eigenvalue weighted by Crippen LogP contribution is -2.46. The summed E-state index contributed by atoms with van der Waals surface area (Å²) >= 11 is 0. The van der Waals surface area contributed by atoms with E-state index in [4.69, 9.17) is 0 Å². The number of piperidine rings is 1. The fourth-order valence-corrected chi connectivity index (χ4v) is 3.20. The van der Waals surface area contributed by atoms with Gasteiger partial charge in [0, 0.05) is 26.2 Å². The van der Waals surface area contributed by atoms with E-state index in [0.717, 1.165) is 39.0 Å². The van der Waals surface area contributed by atoms with Gasteiger partial charge in [-0.2, -0.15) is 0 Å². The first-order valence-corrected chi connectivity index (χ1v) is 7.58. The summed E-state index contributed by atoms with van der Waals surface area (Å²) in [5.74, 6) is 0. The maximum Gasteiger partial charge on any atom is 0.320 e. The quantitative estimate of drug-likeness (QED) is 0.604. The van der Waals surface area contributed by atoms with Crippen molar-refractivity contribution in [2.45, 2.75) is 51.4 Å². The van der Waals surface area contributed by atoms with Crippen LogP contribution >= 0.6 is 0 Å². The molecule has 0 bridgehead atoms. The van der Waals surface area contributed by atoms with Gasteiger partial charge in [-0.3, -0.25) is 0 Å². The molecule has 1 saturated carbocycles. The standard InChI is InChI=1S/C15H24N2O/c18-15(16-9-3-1-2-4-10-16)17-11-7-14(8-12-17)13-5-6-13/h1-12H2. The summed E-state index contributed by atoms with van der Waals surface area (Å²) in [5, 5.41) is 0. The van der Waals surface area contributed by atoms with E-state index in [-0.39, 0.29) is 0 Å². The van der Waals surface area contributed by atoms with Gasteiger partial charge in [0.05, 0.1) is 0 Å². The Bertz CT molecular complexity index is 338. The Labute approximate surface area is 110 Å². The molecule has 3 rings (SSSR count). The lowest BCUT2D eigenvalue weighted by molar-refractivity contribution is 0.150. The van der Waals surface area contributed by atoms with Gasteiger partial charge in [0.2, 0.25) is 0 Å². The zero-order valence-corrected chi connectivity index (χ0v) is 11.3. The van der Waals surface area contributed by atoms with Gasteiger partial charge in [0.15, 0.2) is 0 Å². The zero-order chi connectivity index (χ0) is 12.4. The van der Waals surface area contributed by atoms with E-state index >= 15 is 0 Å². The van der Waals surface area contributed by atoms with Crippen molar-refractivity contribution in [1.29, 1.82) is 0 Å².